The van der Waals surface area contributed by atoms with Crippen LogP contribution in [-0.2, 0) is 16.1 Å². The third-order valence-corrected chi connectivity index (χ3v) is 3.92. The lowest BCUT2D eigenvalue weighted by Gasteiger charge is -2.13. The minimum atomic E-state index is -1.04. The van der Waals surface area contributed by atoms with Crippen LogP contribution in [0.4, 0.5) is 10.3 Å². The van der Waals surface area contributed by atoms with Crippen LogP contribution in [0.25, 0.3) is 0 Å². The Morgan fingerprint density at radius 2 is 1.93 bits per heavy atom. The Balaban J connectivity index is 1.56. The van der Waals surface area contributed by atoms with Gasteiger partial charge in [-0.25, -0.2) is 9.18 Å². The summed E-state index contributed by atoms with van der Waals surface area (Å²) in [5.74, 6) is -0.924. The standard InChI is InChI=1S/C21H19FN2O5/c1-13-10-19(29-24-13)23-20(25)14(2)28-21(26)16-4-3-5-18(11-16)27-12-15-6-8-17(22)9-7-15/h3-11,14H,12H2,1-2H3,(H,23,25). The van der Waals surface area contributed by atoms with Gasteiger partial charge in [-0.15, -0.1) is 0 Å². The van der Waals surface area contributed by atoms with Crippen LogP contribution in [0, 0.1) is 12.7 Å². The fourth-order valence-electron chi connectivity index (χ4n) is 2.39. The van der Waals surface area contributed by atoms with Crippen LogP contribution in [-0.4, -0.2) is 23.1 Å². The average Bonchev–Trinajstić information content (AvgIpc) is 3.12. The minimum absolute atomic E-state index is 0.173. The van der Waals surface area contributed by atoms with E-state index in [1.165, 1.54) is 25.1 Å². The number of hydrogen-bond donors (Lipinski definition) is 1. The summed E-state index contributed by atoms with van der Waals surface area (Å²) < 4.78 is 28.7. The summed E-state index contributed by atoms with van der Waals surface area (Å²) in [5.41, 5.74) is 1.63. The number of nitrogens with one attached hydrogen (secondary N) is 1. The fraction of sp³-hybridized carbons (Fsp3) is 0.190. The third-order valence-electron chi connectivity index (χ3n) is 3.92. The van der Waals surface area contributed by atoms with E-state index in [-0.39, 0.29) is 23.9 Å². The number of ether oxygens (including phenoxy) is 2. The molecule has 0 fully saturated rings. The number of halogens is 1. The number of benzene rings is 2. The molecule has 3 aromatic rings. The van der Waals surface area contributed by atoms with E-state index in [0.29, 0.717) is 11.4 Å². The van der Waals surface area contributed by atoms with Crippen LogP contribution in [0.15, 0.2) is 59.1 Å². The van der Waals surface area contributed by atoms with Crippen molar-refractivity contribution in [3.63, 3.8) is 0 Å². The van der Waals surface area contributed by atoms with E-state index in [9.17, 15) is 14.0 Å². The zero-order chi connectivity index (χ0) is 20.8. The molecular weight excluding hydrogens is 379 g/mol. The van der Waals surface area contributed by atoms with E-state index in [1.807, 2.05) is 0 Å². The zero-order valence-corrected chi connectivity index (χ0v) is 15.8. The molecule has 0 aliphatic rings. The second-order valence-corrected chi connectivity index (χ2v) is 6.31. The molecule has 0 saturated heterocycles. The van der Waals surface area contributed by atoms with Crippen molar-refractivity contribution in [2.75, 3.05) is 5.32 Å². The molecule has 0 radical (unpaired) electrons. The molecule has 1 atom stereocenters. The van der Waals surface area contributed by atoms with Gasteiger partial charge in [0.15, 0.2) is 6.10 Å². The van der Waals surface area contributed by atoms with Gasteiger partial charge in [-0.05, 0) is 49.7 Å². The summed E-state index contributed by atoms with van der Waals surface area (Å²) in [6, 6.07) is 13.9. The van der Waals surface area contributed by atoms with E-state index >= 15 is 0 Å². The molecule has 1 N–H and O–H groups in total. The third kappa shape index (κ3) is 5.65. The molecule has 1 unspecified atom stereocenters. The summed E-state index contributed by atoms with van der Waals surface area (Å²) in [6.45, 7) is 3.38. The predicted molar refractivity (Wildman–Crippen MR) is 102 cm³/mol. The quantitative estimate of drug-likeness (QED) is 0.608. The highest BCUT2D eigenvalue weighted by Crippen LogP contribution is 2.17. The summed E-state index contributed by atoms with van der Waals surface area (Å²) in [6.07, 6.45) is -1.04. The highest BCUT2D eigenvalue weighted by Gasteiger charge is 2.20. The van der Waals surface area contributed by atoms with Crippen molar-refractivity contribution in [3.8, 4) is 5.75 Å². The fourth-order valence-corrected chi connectivity index (χ4v) is 2.39. The zero-order valence-electron chi connectivity index (χ0n) is 15.8. The Morgan fingerprint density at radius 3 is 2.62 bits per heavy atom. The second kappa shape index (κ2) is 9.01. The largest absolute Gasteiger partial charge is 0.489 e. The topological polar surface area (TPSA) is 90.7 Å². The smallest absolute Gasteiger partial charge is 0.339 e. The molecule has 2 aromatic carbocycles. The number of hydrogen-bond acceptors (Lipinski definition) is 6. The van der Waals surface area contributed by atoms with Crippen LogP contribution < -0.4 is 10.1 Å². The number of anilines is 1. The monoisotopic (exact) mass is 398 g/mol. The van der Waals surface area contributed by atoms with Crippen LogP contribution in [0.5, 0.6) is 5.75 Å². The molecule has 150 valence electrons. The Hall–Kier alpha value is -3.68. The van der Waals surface area contributed by atoms with Gasteiger partial charge in [-0.3, -0.25) is 10.1 Å². The first-order chi connectivity index (χ1) is 13.9. The van der Waals surface area contributed by atoms with Gasteiger partial charge in [0, 0.05) is 6.07 Å². The van der Waals surface area contributed by atoms with Gasteiger partial charge in [0.2, 0.25) is 5.88 Å². The minimum Gasteiger partial charge on any atom is -0.489 e. The van der Waals surface area contributed by atoms with Crippen LogP contribution in [0.2, 0.25) is 0 Å². The molecule has 0 saturated carbocycles. The molecule has 0 spiro atoms. The number of amides is 1. The number of rotatable bonds is 7. The maximum absolute atomic E-state index is 12.9. The average molecular weight is 398 g/mol. The maximum Gasteiger partial charge on any atom is 0.339 e. The molecule has 1 aromatic heterocycles. The van der Waals surface area contributed by atoms with Crippen molar-refractivity contribution < 1.29 is 28.0 Å². The highest BCUT2D eigenvalue weighted by molar-refractivity contribution is 5.96. The van der Waals surface area contributed by atoms with Crippen molar-refractivity contribution in [2.24, 2.45) is 0 Å². The maximum atomic E-state index is 12.9. The first kappa shape index (κ1) is 20.1. The molecule has 8 heteroatoms. The molecular formula is C21H19FN2O5. The lowest BCUT2D eigenvalue weighted by atomic mass is 10.2. The molecule has 7 nitrogen and oxygen atoms in total. The Morgan fingerprint density at radius 1 is 1.17 bits per heavy atom. The van der Waals surface area contributed by atoms with Gasteiger partial charge in [0.1, 0.15) is 18.2 Å². The predicted octanol–water partition coefficient (Wildman–Crippen LogP) is 3.89. The summed E-state index contributed by atoms with van der Waals surface area (Å²) in [4.78, 5) is 24.5. The van der Waals surface area contributed by atoms with E-state index in [1.54, 1.807) is 43.3 Å². The number of aromatic nitrogens is 1. The number of esters is 1. The summed E-state index contributed by atoms with van der Waals surface area (Å²) in [7, 11) is 0. The van der Waals surface area contributed by atoms with Crippen molar-refractivity contribution in [1.29, 1.82) is 0 Å². The number of nitrogens with zero attached hydrogens (tertiary/aromatic N) is 1. The molecule has 1 heterocycles. The van der Waals surface area contributed by atoms with Crippen LogP contribution >= 0.6 is 0 Å². The molecule has 0 aliphatic carbocycles. The molecule has 3 rings (SSSR count). The van der Waals surface area contributed by atoms with Gasteiger partial charge in [-0.1, -0.05) is 23.4 Å². The Labute approximate surface area is 166 Å². The Bertz CT molecular complexity index is 1000. The number of aryl methyl sites for hydroxylation is 1. The van der Waals surface area contributed by atoms with E-state index in [2.05, 4.69) is 10.5 Å². The van der Waals surface area contributed by atoms with Crippen molar-refractivity contribution >= 4 is 17.8 Å². The molecule has 0 aliphatic heterocycles. The van der Waals surface area contributed by atoms with E-state index in [0.717, 1.165) is 5.56 Å². The number of carbonyl (C=O) groups is 2. The molecule has 29 heavy (non-hydrogen) atoms. The van der Waals surface area contributed by atoms with Crippen molar-refractivity contribution in [1.82, 2.24) is 5.16 Å². The summed E-state index contributed by atoms with van der Waals surface area (Å²) >= 11 is 0. The van der Waals surface area contributed by atoms with Crippen molar-refractivity contribution in [2.45, 2.75) is 26.6 Å². The first-order valence-electron chi connectivity index (χ1n) is 8.83. The Kier molecular flexibility index (Phi) is 6.23. The normalized spacial score (nSPS) is 11.6. The van der Waals surface area contributed by atoms with Crippen LogP contribution in [0.3, 0.4) is 0 Å². The lowest BCUT2D eigenvalue weighted by Crippen LogP contribution is -2.29. The van der Waals surface area contributed by atoms with Gasteiger partial charge in [0.05, 0.1) is 11.3 Å². The van der Waals surface area contributed by atoms with Gasteiger partial charge in [0.25, 0.3) is 5.91 Å². The highest BCUT2D eigenvalue weighted by atomic mass is 19.1. The van der Waals surface area contributed by atoms with E-state index in [4.69, 9.17) is 14.0 Å². The SMILES string of the molecule is Cc1cc(NC(=O)C(C)OC(=O)c2cccc(OCc3ccc(F)cc3)c2)on1. The van der Waals surface area contributed by atoms with E-state index < -0.39 is 18.0 Å². The molecule has 0 bridgehead atoms. The van der Waals surface area contributed by atoms with Gasteiger partial charge < -0.3 is 14.0 Å². The first-order valence-corrected chi connectivity index (χ1v) is 8.83. The van der Waals surface area contributed by atoms with Crippen molar-refractivity contribution in [3.05, 3.63) is 77.2 Å². The number of carbonyl (C=O) groups excluding carboxylic acids is 2. The lowest BCUT2D eigenvalue weighted by molar-refractivity contribution is -0.123. The van der Waals surface area contributed by atoms with Gasteiger partial charge >= 0.3 is 5.97 Å². The van der Waals surface area contributed by atoms with Gasteiger partial charge in [-0.2, -0.15) is 0 Å². The molecule has 1 amide bonds. The summed E-state index contributed by atoms with van der Waals surface area (Å²) in [5, 5.41) is 6.14. The van der Waals surface area contributed by atoms with Crippen LogP contribution in [0.1, 0.15) is 28.5 Å². The second-order valence-electron chi connectivity index (χ2n) is 6.31.